The summed E-state index contributed by atoms with van der Waals surface area (Å²) in [5, 5.41) is 4.04. The van der Waals surface area contributed by atoms with Crippen molar-refractivity contribution in [2.45, 2.75) is 49.3 Å². The molecule has 28 heavy (non-hydrogen) atoms. The van der Waals surface area contributed by atoms with Crippen LogP contribution in [-0.4, -0.2) is 43.1 Å². The summed E-state index contributed by atoms with van der Waals surface area (Å²) in [5.41, 5.74) is 0. The van der Waals surface area contributed by atoms with Gasteiger partial charge >= 0.3 is 0 Å². The molecule has 152 valence electrons. The van der Waals surface area contributed by atoms with Crippen molar-refractivity contribution in [2.24, 2.45) is 5.92 Å². The molecular formula is C19H24FN3O4S. The molecule has 7 nitrogen and oxygen atoms in total. The van der Waals surface area contributed by atoms with E-state index in [0.29, 0.717) is 24.9 Å². The number of hydrogen-bond donors (Lipinski definition) is 0. The lowest BCUT2D eigenvalue weighted by Crippen LogP contribution is -2.38. The van der Waals surface area contributed by atoms with Crippen LogP contribution in [0, 0.1) is 11.7 Å². The average molecular weight is 409 g/mol. The minimum atomic E-state index is -3.79. The summed E-state index contributed by atoms with van der Waals surface area (Å²) in [5.74, 6) is 1.91. The highest BCUT2D eigenvalue weighted by atomic mass is 32.2. The van der Waals surface area contributed by atoms with E-state index in [-0.39, 0.29) is 10.6 Å². The quantitative estimate of drug-likeness (QED) is 0.698. The van der Waals surface area contributed by atoms with Gasteiger partial charge in [-0.25, -0.2) is 12.8 Å². The van der Waals surface area contributed by atoms with E-state index in [4.69, 9.17) is 9.26 Å². The average Bonchev–Trinajstić information content (AvgIpc) is 3.45. The molecule has 2 aromatic rings. The molecule has 1 aromatic heterocycles. The van der Waals surface area contributed by atoms with Crippen LogP contribution in [0.25, 0.3) is 0 Å². The van der Waals surface area contributed by atoms with Crippen LogP contribution in [0.5, 0.6) is 5.75 Å². The maximum atomic E-state index is 13.6. The van der Waals surface area contributed by atoms with Crippen molar-refractivity contribution in [3.63, 3.8) is 0 Å². The van der Waals surface area contributed by atoms with Gasteiger partial charge in [-0.1, -0.05) is 5.16 Å². The SMILES string of the molecule is COc1ccc(F)cc1S(=O)(=O)N1CCC(CCc2noc(C3CC3)n2)CC1. The molecule has 0 spiro atoms. The van der Waals surface area contributed by atoms with E-state index < -0.39 is 15.8 Å². The van der Waals surface area contributed by atoms with E-state index in [9.17, 15) is 12.8 Å². The van der Waals surface area contributed by atoms with Crippen molar-refractivity contribution < 1.29 is 22.1 Å². The molecule has 4 rings (SSSR count). The summed E-state index contributed by atoms with van der Waals surface area (Å²) in [6.45, 7) is 0.818. The van der Waals surface area contributed by atoms with Gasteiger partial charge in [-0.2, -0.15) is 9.29 Å². The monoisotopic (exact) mass is 409 g/mol. The molecule has 1 saturated heterocycles. The van der Waals surface area contributed by atoms with Crippen LogP contribution in [0.3, 0.4) is 0 Å². The third kappa shape index (κ3) is 4.05. The van der Waals surface area contributed by atoms with Gasteiger partial charge in [0.25, 0.3) is 0 Å². The van der Waals surface area contributed by atoms with Gasteiger partial charge in [0.2, 0.25) is 15.9 Å². The van der Waals surface area contributed by atoms with E-state index in [2.05, 4.69) is 10.1 Å². The van der Waals surface area contributed by atoms with Crippen LogP contribution in [-0.2, 0) is 16.4 Å². The fourth-order valence-corrected chi connectivity index (χ4v) is 5.26. The molecule has 2 fully saturated rings. The lowest BCUT2D eigenvalue weighted by Gasteiger charge is -2.31. The molecule has 0 unspecified atom stereocenters. The largest absolute Gasteiger partial charge is 0.495 e. The molecule has 9 heteroatoms. The number of methoxy groups -OCH3 is 1. The van der Waals surface area contributed by atoms with Gasteiger partial charge in [-0.3, -0.25) is 0 Å². The van der Waals surface area contributed by atoms with Crippen molar-refractivity contribution in [3.8, 4) is 5.75 Å². The zero-order valence-corrected chi connectivity index (χ0v) is 16.6. The number of halogens is 1. The zero-order chi connectivity index (χ0) is 19.7. The first-order chi connectivity index (χ1) is 13.5. The van der Waals surface area contributed by atoms with E-state index in [1.807, 2.05) is 0 Å². The Bertz CT molecular complexity index is 934. The molecule has 1 saturated carbocycles. The molecule has 0 radical (unpaired) electrons. The highest BCUT2D eigenvalue weighted by Crippen LogP contribution is 2.39. The van der Waals surface area contributed by atoms with Crippen molar-refractivity contribution in [1.29, 1.82) is 0 Å². The van der Waals surface area contributed by atoms with Gasteiger partial charge in [-0.15, -0.1) is 0 Å². The Hall–Kier alpha value is -2.00. The zero-order valence-electron chi connectivity index (χ0n) is 15.8. The third-order valence-electron chi connectivity index (χ3n) is 5.50. The lowest BCUT2D eigenvalue weighted by atomic mass is 9.93. The molecule has 0 bridgehead atoms. The first-order valence-corrected chi connectivity index (χ1v) is 11.1. The van der Waals surface area contributed by atoms with Crippen LogP contribution in [0.1, 0.15) is 49.7 Å². The number of aryl methyl sites for hydroxylation is 1. The molecule has 0 amide bonds. The van der Waals surface area contributed by atoms with Crippen molar-refractivity contribution >= 4 is 10.0 Å². The van der Waals surface area contributed by atoms with E-state index in [1.54, 1.807) is 0 Å². The fourth-order valence-electron chi connectivity index (χ4n) is 3.63. The van der Waals surface area contributed by atoms with Crippen LogP contribution in [0.4, 0.5) is 4.39 Å². The summed E-state index contributed by atoms with van der Waals surface area (Å²) in [4.78, 5) is 4.33. The second kappa shape index (κ2) is 7.79. The number of ether oxygens (including phenoxy) is 1. The van der Waals surface area contributed by atoms with Crippen LogP contribution in [0.15, 0.2) is 27.6 Å². The Morgan fingerprint density at radius 2 is 2.00 bits per heavy atom. The maximum absolute atomic E-state index is 13.6. The summed E-state index contributed by atoms with van der Waals surface area (Å²) < 4.78 is 51.3. The normalized spacial score (nSPS) is 19.1. The van der Waals surface area contributed by atoms with E-state index in [1.165, 1.54) is 23.5 Å². The standard InChI is InChI=1S/C19H24FN3O4S/c1-26-16-6-5-15(20)12-17(16)28(24,25)23-10-8-13(9-11-23)2-7-18-21-19(27-22-18)14-3-4-14/h5-6,12-14H,2-4,7-11H2,1H3. The van der Waals surface area contributed by atoms with Crippen LogP contribution < -0.4 is 4.74 Å². The predicted octanol–water partition coefficient (Wildman–Crippen LogP) is 3.13. The predicted molar refractivity (Wildman–Crippen MR) is 99.0 cm³/mol. The number of piperidine rings is 1. The fraction of sp³-hybridized carbons (Fsp3) is 0.579. The molecule has 0 N–H and O–H groups in total. The third-order valence-corrected chi connectivity index (χ3v) is 7.42. The molecule has 0 atom stereocenters. The number of benzene rings is 1. The Labute approximate surface area is 163 Å². The Balaban J connectivity index is 1.34. The number of hydrogen-bond acceptors (Lipinski definition) is 6. The van der Waals surface area contributed by atoms with Gasteiger partial charge in [-0.05, 0) is 56.2 Å². The van der Waals surface area contributed by atoms with E-state index >= 15 is 0 Å². The van der Waals surface area contributed by atoms with Gasteiger partial charge in [0.15, 0.2) is 5.82 Å². The van der Waals surface area contributed by atoms with Crippen molar-refractivity contribution in [3.05, 3.63) is 35.7 Å². The molecule has 1 aliphatic carbocycles. The summed E-state index contributed by atoms with van der Waals surface area (Å²) in [6.07, 6.45) is 5.41. The summed E-state index contributed by atoms with van der Waals surface area (Å²) >= 11 is 0. The summed E-state index contributed by atoms with van der Waals surface area (Å²) in [7, 11) is -2.41. The molecule has 2 aliphatic rings. The van der Waals surface area contributed by atoms with Crippen molar-refractivity contribution in [2.75, 3.05) is 20.2 Å². The molecular weight excluding hydrogens is 385 g/mol. The highest BCUT2D eigenvalue weighted by molar-refractivity contribution is 7.89. The first kappa shape index (κ1) is 19.3. The number of sulfonamides is 1. The topological polar surface area (TPSA) is 85.5 Å². The Morgan fingerprint density at radius 3 is 2.68 bits per heavy atom. The second-order valence-corrected chi connectivity index (χ2v) is 9.41. The maximum Gasteiger partial charge on any atom is 0.246 e. The number of rotatable bonds is 7. The Morgan fingerprint density at radius 1 is 1.25 bits per heavy atom. The van der Waals surface area contributed by atoms with Gasteiger partial charge in [0.1, 0.15) is 16.5 Å². The summed E-state index contributed by atoms with van der Waals surface area (Å²) in [6, 6.07) is 3.56. The van der Waals surface area contributed by atoms with Gasteiger partial charge < -0.3 is 9.26 Å². The van der Waals surface area contributed by atoms with Crippen LogP contribution in [0.2, 0.25) is 0 Å². The number of nitrogens with zero attached hydrogens (tertiary/aromatic N) is 3. The highest BCUT2D eigenvalue weighted by Gasteiger charge is 2.32. The molecule has 1 aliphatic heterocycles. The first-order valence-electron chi connectivity index (χ1n) is 9.63. The van der Waals surface area contributed by atoms with Gasteiger partial charge in [0.05, 0.1) is 7.11 Å². The van der Waals surface area contributed by atoms with E-state index in [0.717, 1.165) is 56.3 Å². The lowest BCUT2D eigenvalue weighted by molar-refractivity contribution is 0.261. The minimum absolute atomic E-state index is 0.118. The second-order valence-electron chi connectivity index (χ2n) is 7.50. The Kier molecular flexibility index (Phi) is 5.37. The minimum Gasteiger partial charge on any atom is -0.495 e. The molecule has 2 heterocycles. The van der Waals surface area contributed by atoms with Gasteiger partial charge in [0, 0.05) is 25.4 Å². The smallest absolute Gasteiger partial charge is 0.246 e. The molecule has 1 aromatic carbocycles. The van der Waals surface area contributed by atoms with Crippen LogP contribution >= 0.6 is 0 Å². The van der Waals surface area contributed by atoms with Crippen molar-refractivity contribution in [1.82, 2.24) is 14.4 Å². The number of aromatic nitrogens is 2.